The molecule has 4 nitrogen and oxygen atoms in total. The van der Waals surface area contributed by atoms with Gasteiger partial charge in [-0.2, -0.15) is 0 Å². The predicted octanol–water partition coefficient (Wildman–Crippen LogP) is 6.19. The second kappa shape index (κ2) is 13.0. The molecule has 0 aromatic heterocycles. The lowest BCUT2D eigenvalue weighted by molar-refractivity contribution is 0.276. The first kappa shape index (κ1) is 25.5. The van der Waals surface area contributed by atoms with E-state index in [-0.39, 0.29) is 29.9 Å². The van der Waals surface area contributed by atoms with Crippen LogP contribution in [0.4, 0.5) is 8.78 Å². The smallest absolute Gasteiger partial charge is 0.312 e. The molecule has 2 N–H and O–H groups in total. The highest BCUT2D eigenvalue weighted by atomic mass is 31.1. The lowest BCUT2D eigenvalue weighted by Gasteiger charge is -2.25. The molecule has 0 aliphatic rings. The number of unbranched alkanes of at least 4 members (excludes halogenated alkanes) is 2. The van der Waals surface area contributed by atoms with Gasteiger partial charge in [-0.1, -0.05) is 57.0 Å². The van der Waals surface area contributed by atoms with Crippen LogP contribution in [0.2, 0.25) is 0 Å². The molecular weight excluding hydrogens is 419 g/mol. The summed E-state index contributed by atoms with van der Waals surface area (Å²) in [7, 11) is -2.59. The zero-order valence-electron chi connectivity index (χ0n) is 18.4. The van der Waals surface area contributed by atoms with Crippen LogP contribution in [0.3, 0.4) is 0 Å². The van der Waals surface area contributed by atoms with Crippen LogP contribution >= 0.6 is 8.25 Å². The summed E-state index contributed by atoms with van der Waals surface area (Å²) in [6, 6.07) is 13.0. The first-order valence-electron chi connectivity index (χ1n) is 10.8. The SMILES string of the molecule is CC(C)(CCCCCc1cc(F)c(CNCCCO[P+](=O)O)cc1F)c1ccccc1. The van der Waals surface area contributed by atoms with Crippen LogP contribution < -0.4 is 5.32 Å². The van der Waals surface area contributed by atoms with Gasteiger partial charge in [-0.25, -0.2) is 8.78 Å². The monoisotopic (exact) mass is 452 g/mol. The Morgan fingerprint density at radius 1 is 1.00 bits per heavy atom. The number of hydrogen-bond acceptors (Lipinski definition) is 3. The highest BCUT2D eigenvalue weighted by Gasteiger charge is 2.19. The van der Waals surface area contributed by atoms with Gasteiger partial charge in [-0.3, -0.25) is 0 Å². The Morgan fingerprint density at radius 3 is 2.39 bits per heavy atom. The molecule has 0 fully saturated rings. The Labute approximate surface area is 185 Å². The number of nitrogens with one attached hydrogen (secondary N) is 1. The fourth-order valence-corrected chi connectivity index (χ4v) is 3.90. The fourth-order valence-electron chi connectivity index (χ4n) is 3.61. The van der Waals surface area contributed by atoms with E-state index in [0.29, 0.717) is 24.9 Å². The summed E-state index contributed by atoms with van der Waals surface area (Å²) in [5.41, 5.74) is 2.13. The van der Waals surface area contributed by atoms with E-state index < -0.39 is 14.1 Å². The van der Waals surface area contributed by atoms with Crippen LogP contribution in [-0.2, 0) is 27.5 Å². The molecular formula is C24H33F2NO3P+. The third-order valence-corrected chi connectivity index (χ3v) is 5.94. The van der Waals surface area contributed by atoms with E-state index in [1.54, 1.807) is 0 Å². The molecule has 0 aliphatic heterocycles. The van der Waals surface area contributed by atoms with E-state index in [0.717, 1.165) is 25.7 Å². The van der Waals surface area contributed by atoms with E-state index in [4.69, 9.17) is 4.89 Å². The van der Waals surface area contributed by atoms with Gasteiger partial charge >= 0.3 is 8.25 Å². The normalized spacial score (nSPS) is 12.2. The van der Waals surface area contributed by atoms with Crippen LogP contribution in [0.5, 0.6) is 0 Å². The van der Waals surface area contributed by atoms with Gasteiger partial charge in [-0.05, 0) is 60.9 Å². The molecule has 0 radical (unpaired) electrons. The summed E-state index contributed by atoms with van der Waals surface area (Å²) in [4.78, 5) is 8.53. The lowest BCUT2D eigenvalue weighted by atomic mass is 9.80. The van der Waals surface area contributed by atoms with Crippen molar-refractivity contribution in [1.29, 1.82) is 0 Å². The largest absolute Gasteiger partial charge is 0.694 e. The van der Waals surface area contributed by atoms with E-state index in [2.05, 4.69) is 48.0 Å². The van der Waals surface area contributed by atoms with Gasteiger partial charge in [-0.15, -0.1) is 9.42 Å². The number of hydrogen-bond donors (Lipinski definition) is 2. The molecule has 2 rings (SSSR count). The summed E-state index contributed by atoms with van der Waals surface area (Å²) >= 11 is 0. The average Bonchev–Trinajstić information content (AvgIpc) is 2.73. The van der Waals surface area contributed by atoms with E-state index in [9.17, 15) is 13.3 Å². The first-order chi connectivity index (χ1) is 14.8. The minimum Gasteiger partial charge on any atom is -0.312 e. The second-order valence-corrected chi connectivity index (χ2v) is 9.18. The van der Waals surface area contributed by atoms with Crippen LogP contribution in [0.25, 0.3) is 0 Å². The quantitative estimate of drug-likeness (QED) is 0.265. The third kappa shape index (κ3) is 9.12. The van der Waals surface area contributed by atoms with Gasteiger partial charge in [0, 0.05) is 16.7 Å². The second-order valence-electron chi connectivity index (χ2n) is 8.45. The van der Waals surface area contributed by atoms with Crippen LogP contribution in [-0.4, -0.2) is 18.0 Å². The maximum atomic E-state index is 14.4. The van der Waals surface area contributed by atoms with Gasteiger partial charge < -0.3 is 5.32 Å². The summed E-state index contributed by atoms with van der Waals surface area (Å²) in [5, 5.41) is 2.99. The topological polar surface area (TPSA) is 58.6 Å². The zero-order valence-corrected chi connectivity index (χ0v) is 19.3. The standard InChI is InChI=1S/C24H32F2NO3P/c1-24(2,21-11-6-3-7-12-21)13-8-4-5-10-19-16-23(26)20(17-22(19)25)18-27-14-9-15-30-31(28)29/h3,6-7,11-12,16-17,27H,4-5,8-10,13-15,18H2,1-2H3/p+1. The highest BCUT2D eigenvalue weighted by molar-refractivity contribution is 7.32. The lowest BCUT2D eigenvalue weighted by Crippen LogP contribution is -2.17. The number of halogens is 2. The van der Waals surface area contributed by atoms with Crippen molar-refractivity contribution in [2.24, 2.45) is 0 Å². The Morgan fingerprint density at radius 2 is 1.68 bits per heavy atom. The Bertz CT molecular complexity index is 831. The molecule has 1 atom stereocenters. The molecule has 0 heterocycles. The molecule has 0 aliphatic carbocycles. The molecule has 7 heteroatoms. The Balaban J connectivity index is 1.72. The van der Waals surface area contributed by atoms with Crippen molar-refractivity contribution in [1.82, 2.24) is 5.32 Å². The Kier molecular flexibility index (Phi) is 10.7. The molecule has 0 saturated heterocycles. The predicted molar refractivity (Wildman–Crippen MR) is 120 cm³/mol. The molecule has 0 spiro atoms. The molecule has 0 amide bonds. The number of benzene rings is 2. The number of rotatable bonds is 14. The van der Waals surface area contributed by atoms with Crippen LogP contribution in [0, 0.1) is 11.6 Å². The number of aryl methyl sites for hydroxylation is 1. The molecule has 31 heavy (non-hydrogen) atoms. The highest BCUT2D eigenvalue weighted by Crippen LogP contribution is 2.29. The fraction of sp³-hybridized carbons (Fsp3) is 0.500. The molecule has 2 aromatic carbocycles. The Hall–Kier alpha value is -1.72. The zero-order chi connectivity index (χ0) is 22.7. The van der Waals surface area contributed by atoms with E-state index >= 15 is 0 Å². The first-order valence-corrected chi connectivity index (χ1v) is 11.9. The van der Waals surface area contributed by atoms with Crippen molar-refractivity contribution in [2.75, 3.05) is 13.2 Å². The van der Waals surface area contributed by atoms with Crippen LogP contribution in [0.15, 0.2) is 42.5 Å². The van der Waals surface area contributed by atoms with E-state index in [1.807, 2.05) is 6.07 Å². The van der Waals surface area contributed by atoms with Gasteiger partial charge in [0.05, 0.1) is 0 Å². The molecule has 2 aromatic rings. The van der Waals surface area contributed by atoms with Gasteiger partial charge in [0.15, 0.2) is 0 Å². The summed E-state index contributed by atoms with van der Waals surface area (Å²) in [5.74, 6) is -0.785. The molecule has 0 saturated carbocycles. The molecule has 0 bridgehead atoms. The van der Waals surface area contributed by atoms with E-state index in [1.165, 1.54) is 17.7 Å². The van der Waals surface area contributed by atoms with Crippen molar-refractivity contribution in [3.8, 4) is 0 Å². The van der Waals surface area contributed by atoms with Crippen molar-refractivity contribution in [3.63, 3.8) is 0 Å². The average molecular weight is 453 g/mol. The molecule has 1 unspecified atom stereocenters. The molecule has 170 valence electrons. The summed E-state index contributed by atoms with van der Waals surface area (Å²) in [6.45, 7) is 5.29. The summed E-state index contributed by atoms with van der Waals surface area (Å²) < 4.78 is 43.7. The van der Waals surface area contributed by atoms with Gasteiger partial charge in [0.2, 0.25) is 0 Å². The maximum Gasteiger partial charge on any atom is 0.694 e. The van der Waals surface area contributed by atoms with Crippen molar-refractivity contribution in [2.45, 2.75) is 64.3 Å². The third-order valence-electron chi connectivity index (χ3n) is 5.53. The van der Waals surface area contributed by atoms with Gasteiger partial charge in [0.1, 0.15) is 18.2 Å². The van der Waals surface area contributed by atoms with Crippen LogP contribution in [0.1, 0.15) is 62.6 Å². The minimum atomic E-state index is -2.59. The van der Waals surface area contributed by atoms with Crippen molar-refractivity contribution in [3.05, 3.63) is 70.8 Å². The minimum absolute atomic E-state index is 0.106. The van der Waals surface area contributed by atoms with Crippen molar-refractivity contribution >= 4 is 8.25 Å². The van der Waals surface area contributed by atoms with Crippen molar-refractivity contribution < 1.29 is 22.8 Å². The maximum absolute atomic E-state index is 14.4. The van der Waals surface area contributed by atoms with Gasteiger partial charge in [0.25, 0.3) is 0 Å². The summed E-state index contributed by atoms with van der Waals surface area (Å²) in [6.07, 6.45) is 4.93.